The van der Waals surface area contributed by atoms with E-state index in [4.69, 9.17) is 9.78 Å². The van der Waals surface area contributed by atoms with Crippen LogP contribution in [0.4, 0.5) is 0 Å². The van der Waals surface area contributed by atoms with Crippen LogP contribution in [-0.4, -0.2) is 24.9 Å². The van der Waals surface area contributed by atoms with Crippen LogP contribution in [0.1, 0.15) is 11.4 Å². The number of nitrogens with zero attached hydrogens (tertiary/aromatic N) is 6. The van der Waals surface area contributed by atoms with Crippen molar-refractivity contribution < 1.29 is 4.52 Å². The van der Waals surface area contributed by atoms with Gasteiger partial charge in [-0.15, -0.1) is 10.2 Å². The van der Waals surface area contributed by atoms with Crippen molar-refractivity contribution >= 4 is 23.1 Å². The molecule has 0 unspecified atom stereocenters. The van der Waals surface area contributed by atoms with Gasteiger partial charge in [-0.1, -0.05) is 23.0 Å². The number of thioether (sulfide) groups is 1. The quantitative estimate of drug-likeness (QED) is 0.487. The number of hydrogen-bond acceptors (Lipinski definition) is 8. The van der Waals surface area contributed by atoms with Gasteiger partial charge in [0.05, 0.1) is 17.4 Å². The maximum Gasteiger partial charge on any atom is 0.257 e. The van der Waals surface area contributed by atoms with Crippen LogP contribution in [0.2, 0.25) is 0 Å². The van der Waals surface area contributed by atoms with Crippen LogP contribution in [0, 0.1) is 11.3 Å². The number of hydrogen-bond donors (Lipinski definition) is 0. The highest BCUT2D eigenvalue weighted by molar-refractivity contribution is 7.98. The second-order valence-electron chi connectivity index (χ2n) is 5.37. The first-order chi connectivity index (χ1) is 12.7. The van der Waals surface area contributed by atoms with E-state index in [1.165, 1.54) is 11.8 Å². The Bertz CT molecular complexity index is 1080. The van der Waals surface area contributed by atoms with E-state index in [1.54, 1.807) is 29.5 Å². The average Bonchev–Trinajstić information content (AvgIpc) is 3.41. The van der Waals surface area contributed by atoms with Gasteiger partial charge < -0.3 is 9.09 Å². The zero-order valence-corrected chi connectivity index (χ0v) is 15.3. The van der Waals surface area contributed by atoms with Gasteiger partial charge in [-0.2, -0.15) is 21.6 Å². The third-order valence-electron chi connectivity index (χ3n) is 3.65. The Hall–Kier alpha value is -2.96. The minimum atomic E-state index is 0.398. The zero-order chi connectivity index (χ0) is 17.9. The lowest BCUT2D eigenvalue weighted by atomic mass is 10.1. The van der Waals surface area contributed by atoms with E-state index >= 15 is 0 Å². The standard InChI is InChI=1S/C17H12N6OS2/c1-23-15(13-5-6-25-9-13)20-21-17(23)26-10-14-19-16(24-22-14)12-4-2-3-11(7-12)8-18/h2-7,9H,10H2,1H3. The summed E-state index contributed by atoms with van der Waals surface area (Å²) in [7, 11) is 1.93. The molecule has 0 aliphatic heterocycles. The molecule has 1 aromatic carbocycles. The monoisotopic (exact) mass is 380 g/mol. The number of benzene rings is 1. The van der Waals surface area contributed by atoms with Gasteiger partial charge in [0.15, 0.2) is 16.8 Å². The van der Waals surface area contributed by atoms with Gasteiger partial charge in [-0.3, -0.25) is 0 Å². The summed E-state index contributed by atoms with van der Waals surface area (Å²) in [6.07, 6.45) is 0. The third kappa shape index (κ3) is 3.24. The molecule has 9 heteroatoms. The van der Waals surface area contributed by atoms with Gasteiger partial charge in [0.25, 0.3) is 5.89 Å². The molecular formula is C17H12N6OS2. The summed E-state index contributed by atoms with van der Waals surface area (Å²) in [4.78, 5) is 4.39. The first-order valence-electron chi connectivity index (χ1n) is 7.62. The SMILES string of the molecule is Cn1c(SCc2noc(-c3cccc(C#N)c3)n2)nnc1-c1ccsc1. The van der Waals surface area contributed by atoms with Crippen molar-refractivity contribution in [2.24, 2.45) is 7.05 Å². The Kier molecular flexibility index (Phi) is 4.51. The van der Waals surface area contributed by atoms with Crippen molar-refractivity contribution in [3.63, 3.8) is 0 Å². The van der Waals surface area contributed by atoms with E-state index in [0.717, 1.165) is 22.1 Å². The molecule has 3 heterocycles. The molecule has 0 saturated carbocycles. The van der Waals surface area contributed by atoms with E-state index in [1.807, 2.05) is 34.5 Å². The van der Waals surface area contributed by atoms with Crippen molar-refractivity contribution in [3.05, 3.63) is 52.5 Å². The third-order valence-corrected chi connectivity index (χ3v) is 5.35. The molecule has 26 heavy (non-hydrogen) atoms. The van der Waals surface area contributed by atoms with E-state index in [2.05, 4.69) is 26.4 Å². The van der Waals surface area contributed by atoms with Crippen molar-refractivity contribution in [1.82, 2.24) is 24.9 Å². The normalized spacial score (nSPS) is 10.8. The molecule has 0 N–H and O–H groups in total. The van der Waals surface area contributed by atoms with Crippen molar-refractivity contribution in [2.75, 3.05) is 0 Å². The molecule has 128 valence electrons. The van der Waals surface area contributed by atoms with Crippen LogP contribution in [0.3, 0.4) is 0 Å². The van der Waals surface area contributed by atoms with Crippen LogP contribution in [0.5, 0.6) is 0 Å². The lowest BCUT2D eigenvalue weighted by Gasteiger charge is -2.00. The molecule has 4 aromatic rings. The predicted octanol–water partition coefficient (Wildman–Crippen LogP) is 3.76. The highest BCUT2D eigenvalue weighted by atomic mass is 32.2. The van der Waals surface area contributed by atoms with Crippen LogP contribution in [0.25, 0.3) is 22.8 Å². The fourth-order valence-electron chi connectivity index (χ4n) is 2.36. The lowest BCUT2D eigenvalue weighted by Crippen LogP contribution is -1.94. The lowest BCUT2D eigenvalue weighted by molar-refractivity contribution is 0.425. The summed E-state index contributed by atoms with van der Waals surface area (Å²) in [6, 6.07) is 11.2. The van der Waals surface area contributed by atoms with E-state index in [-0.39, 0.29) is 0 Å². The molecule has 0 spiro atoms. The van der Waals surface area contributed by atoms with Crippen molar-refractivity contribution in [1.29, 1.82) is 5.26 Å². The Morgan fingerprint density at radius 2 is 2.19 bits per heavy atom. The fraction of sp³-hybridized carbons (Fsp3) is 0.118. The molecule has 0 bridgehead atoms. The molecule has 4 rings (SSSR count). The summed E-state index contributed by atoms with van der Waals surface area (Å²) < 4.78 is 7.26. The maximum atomic E-state index is 8.99. The van der Waals surface area contributed by atoms with Crippen LogP contribution >= 0.6 is 23.1 Å². The summed E-state index contributed by atoms with van der Waals surface area (Å²) in [5.41, 5.74) is 2.33. The minimum Gasteiger partial charge on any atom is -0.334 e. The molecule has 0 fully saturated rings. The highest BCUT2D eigenvalue weighted by Gasteiger charge is 2.14. The Balaban J connectivity index is 1.48. The highest BCUT2D eigenvalue weighted by Crippen LogP contribution is 2.26. The molecular weight excluding hydrogens is 368 g/mol. The summed E-state index contributed by atoms with van der Waals surface area (Å²) in [5, 5.41) is 26.3. The molecule has 0 saturated heterocycles. The van der Waals surface area contributed by atoms with Gasteiger partial charge >= 0.3 is 0 Å². The smallest absolute Gasteiger partial charge is 0.257 e. The number of rotatable bonds is 5. The number of aromatic nitrogens is 5. The molecule has 0 aliphatic carbocycles. The topological polar surface area (TPSA) is 93.4 Å². The molecule has 0 amide bonds. The second kappa shape index (κ2) is 7.11. The summed E-state index contributed by atoms with van der Waals surface area (Å²) in [6.45, 7) is 0. The first-order valence-corrected chi connectivity index (χ1v) is 9.55. The zero-order valence-electron chi connectivity index (χ0n) is 13.7. The maximum absolute atomic E-state index is 8.99. The molecule has 3 aromatic heterocycles. The largest absolute Gasteiger partial charge is 0.334 e. The molecule has 0 atom stereocenters. The Morgan fingerprint density at radius 3 is 3.00 bits per heavy atom. The predicted molar refractivity (Wildman–Crippen MR) is 98.3 cm³/mol. The fourth-order valence-corrected chi connectivity index (χ4v) is 3.75. The van der Waals surface area contributed by atoms with Gasteiger partial charge in [-0.05, 0) is 29.6 Å². The first kappa shape index (κ1) is 16.5. The van der Waals surface area contributed by atoms with Crippen molar-refractivity contribution in [3.8, 4) is 28.9 Å². The van der Waals surface area contributed by atoms with Gasteiger partial charge in [0.1, 0.15) is 0 Å². The summed E-state index contributed by atoms with van der Waals surface area (Å²) >= 11 is 3.12. The molecule has 7 nitrogen and oxygen atoms in total. The van der Waals surface area contributed by atoms with E-state index < -0.39 is 0 Å². The molecule has 0 radical (unpaired) electrons. The average molecular weight is 380 g/mol. The van der Waals surface area contributed by atoms with Crippen LogP contribution in [0.15, 0.2) is 50.8 Å². The number of thiophene rings is 1. The van der Waals surface area contributed by atoms with Gasteiger partial charge in [0, 0.05) is 23.6 Å². The number of nitriles is 1. The van der Waals surface area contributed by atoms with E-state index in [0.29, 0.717) is 23.0 Å². The second-order valence-corrected chi connectivity index (χ2v) is 7.10. The van der Waals surface area contributed by atoms with E-state index in [9.17, 15) is 0 Å². The van der Waals surface area contributed by atoms with Crippen LogP contribution in [-0.2, 0) is 12.8 Å². The van der Waals surface area contributed by atoms with Crippen molar-refractivity contribution in [2.45, 2.75) is 10.9 Å². The van der Waals surface area contributed by atoms with Gasteiger partial charge in [0.2, 0.25) is 0 Å². The van der Waals surface area contributed by atoms with Gasteiger partial charge in [-0.25, -0.2) is 0 Å². The minimum absolute atomic E-state index is 0.398. The Morgan fingerprint density at radius 1 is 1.27 bits per heavy atom. The summed E-state index contributed by atoms with van der Waals surface area (Å²) in [5.74, 6) is 2.30. The molecule has 0 aliphatic rings. The van der Waals surface area contributed by atoms with Crippen LogP contribution < -0.4 is 0 Å². The Labute approximate surface area is 157 Å².